The fourth-order valence-electron chi connectivity index (χ4n) is 2.12. The Morgan fingerprint density at radius 2 is 2.29 bits per heavy atom. The van der Waals surface area contributed by atoms with E-state index in [4.69, 9.17) is 7.85 Å². The molecule has 2 radical (unpaired) electrons. The molecule has 0 aromatic rings. The van der Waals surface area contributed by atoms with E-state index in [1.54, 1.807) is 0 Å². The van der Waals surface area contributed by atoms with E-state index in [9.17, 15) is 4.79 Å². The second kappa shape index (κ2) is 6.23. The first kappa shape index (κ1) is 11.8. The van der Waals surface area contributed by atoms with Gasteiger partial charge < -0.3 is 0 Å². The number of likely N-dealkylation sites (tertiary alicyclic amines) is 1. The van der Waals surface area contributed by atoms with Crippen LogP contribution < -0.4 is 0 Å². The van der Waals surface area contributed by atoms with Crippen molar-refractivity contribution in [2.24, 2.45) is 0 Å². The molecule has 1 fully saturated rings. The Kier molecular flexibility index (Phi) is 5.24. The van der Waals surface area contributed by atoms with Crippen LogP contribution in [0.25, 0.3) is 0 Å². The van der Waals surface area contributed by atoms with Crippen molar-refractivity contribution in [2.45, 2.75) is 51.4 Å². The maximum absolute atomic E-state index is 11.6. The van der Waals surface area contributed by atoms with Crippen molar-refractivity contribution in [1.29, 1.82) is 0 Å². The van der Waals surface area contributed by atoms with Crippen molar-refractivity contribution in [3.63, 3.8) is 0 Å². The van der Waals surface area contributed by atoms with Gasteiger partial charge in [-0.25, -0.2) is 0 Å². The predicted octanol–water partition coefficient (Wildman–Crippen LogP) is 1.80. The predicted molar refractivity (Wildman–Crippen MR) is 59.7 cm³/mol. The van der Waals surface area contributed by atoms with Crippen molar-refractivity contribution in [3.8, 4) is 0 Å². The molecular weight excluding hydrogens is 173 g/mol. The Morgan fingerprint density at radius 1 is 1.50 bits per heavy atom. The molecule has 0 spiro atoms. The number of unbranched alkanes of at least 4 members (excludes halogenated alkanes) is 1. The fourth-order valence-corrected chi connectivity index (χ4v) is 2.12. The van der Waals surface area contributed by atoms with Crippen molar-refractivity contribution in [2.75, 3.05) is 13.1 Å². The van der Waals surface area contributed by atoms with Crippen LogP contribution in [0.15, 0.2) is 0 Å². The first-order chi connectivity index (χ1) is 6.79. The lowest BCUT2D eigenvalue weighted by Crippen LogP contribution is -2.44. The molecule has 3 heteroatoms. The first-order valence-electron chi connectivity index (χ1n) is 5.76. The number of hydrogen-bond donors (Lipinski definition) is 0. The first-order valence-corrected chi connectivity index (χ1v) is 5.76. The summed E-state index contributed by atoms with van der Waals surface area (Å²) in [4.78, 5) is 13.9. The van der Waals surface area contributed by atoms with Gasteiger partial charge in [-0.3, -0.25) is 9.69 Å². The molecule has 2 nitrogen and oxygen atoms in total. The molecule has 14 heavy (non-hydrogen) atoms. The Balaban J connectivity index is 2.45. The van der Waals surface area contributed by atoms with Crippen LogP contribution in [0, 0.1) is 0 Å². The second-order valence-corrected chi connectivity index (χ2v) is 4.07. The highest BCUT2D eigenvalue weighted by atomic mass is 16.1. The van der Waals surface area contributed by atoms with Gasteiger partial charge in [0.15, 0.2) is 0 Å². The van der Waals surface area contributed by atoms with Crippen LogP contribution in [0.2, 0.25) is 6.32 Å². The number of nitrogens with zero attached hydrogens (tertiary/aromatic N) is 1. The highest BCUT2D eigenvalue weighted by Crippen LogP contribution is 2.19. The van der Waals surface area contributed by atoms with Crippen LogP contribution >= 0.6 is 0 Å². The summed E-state index contributed by atoms with van der Waals surface area (Å²) in [6.07, 6.45) is 6.01. The zero-order valence-electron chi connectivity index (χ0n) is 9.17. The summed E-state index contributed by atoms with van der Waals surface area (Å²) >= 11 is 0. The summed E-state index contributed by atoms with van der Waals surface area (Å²) in [5.41, 5.74) is 0. The van der Waals surface area contributed by atoms with Crippen LogP contribution in [0.1, 0.15) is 39.0 Å². The number of carbonyl (C=O) groups excluding carboxylic acids is 1. The van der Waals surface area contributed by atoms with Crippen LogP contribution in [-0.2, 0) is 4.79 Å². The quantitative estimate of drug-likeness (QED) is 0.620. The van der Waals surface area contributed by atoms with E-state index in [-0.39, 0.29) is 18.1 Å². The van der Waals surface area contributed by atoms with Gasteiger partial charge in [-0.05, 0) is 38.7 Å². The standard InChI is InChI=1S/C11H20BNO/c1-2-3-7-13-8-5-4-6-10(13)11(14)9-12/h10H,2-9H2,1H3. The monoisotopic (exact) mass is 193 g/mol. The van der Waals surface area contributed by atoms with Crippen LogP contribution in [-0.4, -0.2) is 37.7 Å². The lowest BCUT2D eigenvalue weighted by molar-refractivity contribution is -0.123. The Morgan fingerprint density at radius 3 is 2.93 bits per heavy atom. The number of ketones is 1. The van der Waals surface area contributed by atoms with Gasteiger partial charge in [-0.2, -0.15) is 0 Å². The normalized spacial score (nSPS) is 23.6. The zero-order valence-corrected chi connectivity index (χ0v) is 9.17. The minimum absolute atomic E-state index is 0.125. The molecule has 78 valence electrons. The summed E-state index contributed by atoms with van der Waals surface area (Å²) in [6.45, 7) is 4.33. The number of carbonyl (C=O) groups is 1. The van der Waals surface area contributed by atoms with Crippen molar-refractivity contribution < 1.29 is 4.79 Å². The third-order valence-electron chi connectivity index (χ3n) is 2.99. The molecule has 1 saturated heterocycles. The third-order valence-corrected chi connectivity index (χ3v) is 2.99. The number of piperidine rings is 1. The van der Waals surface area contributed by atoms with Gasteiger partial charge in [0.1, 0.15) is 5.78 Å². The van der Waals surface area contributed by atoms with Crippen LogP contribution in [0.5, 0.6) is 0 Å². The highest BCUT2D eigenvalue weighted by molar-refractivity contribution is 6.21. The Bertz CT molecular complexity index is 184. The van der Waals surface area contributed by atoms with E-state index in [1.165, 1.54) is 25.7 Å². The number of hydrogen-bond acceptors (Lipinski definition) is 2. The summed E-state index contributed by atoms with van der Waals surface area (Å²) in [6, 6.07) is 0.125. The lowest BCUT2D eigenvalue weighted by Gasteiger charge is -2.34. The molecule has 1 aliphatic rings. The van der Waals surface area contributed by atoms with Crippen molar-refractivity contribution in [3.05, 3.63) is 0 Å². The molecule has 0 aromatic carbocycles. The third kappa shape index (κ3) is 3.12. The lowest BCUT2D eigenvalue weighted by atomic mass is 9.90. The Hall–Kier alpha value is -0.305. The maximum atomic E-state index is 11.6. The maximum Gasteiger partial charge on any atom is 0.141 e. The van der Waals surface area contributed by atoms with E-state index in [1.807, 2.05) is 0 Å². The average molecular weight is 193 g/mol. The largest absolute Gasteiger partial charge is 0.299 e. The molecule has 1 heterocycles. The fraction of sp³-hybridized carbons (Fsp3) is 0.909. The molecule has 0 aliphatic carbocycles. The van der Waals surface area contributed by atoms with E-state index in [0.29, 0.717) is 0 Å². The van der Waals surface area contributed by atoms with E-state index in [2.05, 4.69) is 11.8 Å². The van der Waals surface area contributed by atoms with Gasteiger partial charge in [0.25, 0.3) is 0 Å². The topological polar surface area (TPSA) is 20.3 Å². The van der Waals surface area contributed by atoms with Gasteiger partial charge in [0.05, 0.1) is 13.9 Å². The highest BCUT2D eigenvalue weighted by Gasteiger charge is 2.26. The minimum Gasteiger partial charge on any atom is -0.299 e. The van der Waals surface area contributed by atoms with Gasteiger partial charge >= 0.3 is 0 Å². The SMILES string of the molecule is [B]CC(=O)C1CCCCN1CCCC. The summed E-state index contributed by atoms with van der Waals surface area (Å²) in [5.74, 6) is 0.223. The summed E-state index contributed by atoms with van der Waals surface area (Å²) < 4.78 is 0. The van der Waals surface area contributed by atoms with E-state index in [0.717, 1.165) is 19.5 Å². The molecule has 0 amide bonds. The molecule has 0 aromatic heterocycles. The molecule has 0 saturated carbocycles. The Labute approximate surface area is 88.5 Å². The second-order valence-electron chi connectivity index (χ2n) is 4.07. The molecule has 0 bridgehead atoms. The zero-order chi connectivity index (χ0) is 10.4. The smallest absolute Gasteiger partial charge is 0.141 e. The van der Waals surface area contributed by atoms with E-state index < -0.39 is 0 Å². The molecule has 1 atom stereocenters. The minimum atomic E-state index is 0.125. The van der Waals surface area contributed by atoms with E-state index >= 15 is 0 Å². The van der Waals surface area contributed by atoms with Crippen molar-refractivity contribution >= 4 is 13.6 Å². The molecule has 0 N–H and O–H groups in total. The summed E-state index contributed by atoms with van der Waals surface area (Å²) in [7, 11) is 5.42. The number of rotatable bonds is 5. The van der Waals surface area contributed by atoms with Gasteiger partial charge in [-0.1, -0.05) is 19.8 Å². The number of Topliss-reactive ketones (excluding diaryl/α,β-unsaturated/α-hetero) is 1. The van der Waals surface area contributed by atoms with Gasteiger partial charge in [0.2, 0.25) is 0 Å². The molecule has 1 unspecified atom stereocenters. The van der Waals surface area contributed by atoms with Gasteiger partial charge in [0, 0.05) is 0 Å². The van der Waals surface area contributed by atoms with Gasteiger partial charge in [-0.15, -0.1) is 0 Å². The summed E-state index contributed by atoms with van der Waals surface area (Å²) in [5, 5.41) is 0. The molecule has 1 rings (SSSR count). The van der Waals surface area contributed by atoms with Crippen LogP contribution in [0.4, 0.5) is 0 Å². The van der Waals surface area contributed by atoms with Crippen molar-refractivity contribution in [1.82, 2.24) is 4.90 Å². The average Bonchev–Trinajstić information content (AvgIpc) is 2.25. The molecular formula is C11H20BNO. The molecule has 1 aliphatic heterocycles. The van der Waals surface area contributed by atoms with Crippen LogP contribution in [0.3, 0.4) is 0 Å².